The van der Waals surface area contributed by atoms with Crippen LogP contribution in [-0.2, 0) is 11.3 Å². The molecule has 0 fully saturated rings. The number of amides is 1. The Morgan fingerprint density at radius 1 is 1.23 bits per heavy atom. The molecule has 7 nitrogen and oxygen atoms in total. The third kappa shape index (κ3) is 4.59. The number of carbonyl (C=O) groups is 1. The average Bonchev–Trinajstić information content (AvgIpc) is 3.14. The molecule has 136 valence electrons. The quantitative estimate of drug-likeness (QED) is 0.520. The molecule has 0 aliphatic carbocycles. The summed E-state index contributed by atoms with van der Waals surface area (Å²) in [4.78, 5) is 18.8. The van der Waals surface area contributed by atoms with Crippen molar-refractivity contribution in [3.63, 3.8) is 0 Å². The second kappa shape index (κ2) is 8.46. The van der Waals surface area contributed by atoms with Crippen LogP contribution in [0.2, 0.25) is 0 Å². The molecule has 7 heteroatoms. The molecule has 1 aromatic carbocycles. The van der Waals surface area contributed by atoms with E-state index in [2.05, 4.69) is 15.3 Å². The molecule has 0 bridgehead atoms. The van der Waals surface area contributed by atoms with Crippen molar-refractivity contribution in [3.8, 4) is 0 Å². The number of nitrogens with zero attached hydrogens (tertiary/aromatic N) is 1. The normalized spacial score (nSPS) is 13.3. The first-order chi connectivity index (χ1) is 12.6. The number of aliphatic hydroxyl groups excluding tert-OH is 2. The fraction of sp³-hybridized carbons (Fsp3) is 0.263. The van der Waals surface area contributed by atoms with E-state index in [0.717, 1.165) is 16.6 Å². The molecular formula is C19H21N3O4. The molecule has 2 heterocycles. The molecule has 1 amide bonds. The Morgan fingerprint density at radius 3 is 2.85 bits per heavy atom. The number of hydrogen-bond acceptors (Lipinski definition) is 5. The van der Waals surface area contributed by atoms with Gasteiger partial charge in [-0.05, 0) is 24.1 Å². The standard InChI is InChI=1S/C19H21N3O4/c23-16(17(24)15-10-14-6-8-20-18(14)22-11-15)7-9-21-19(25)26-12-13-4-2-1-3-5-13/h1-6,8,10-11,16-17,23-24H,7,9,12H2,(H,20,22)(H,21,25). The van der Waals surface area contributed by atoms with E-state index in [1.54, 1.807) is 12.3 Å². The van der Waals surface area contributed by atoms with Crippen LogP contribution in [0.25, 0.3) is 11.0 Å². The average molecular weight is 355 g/mol. The molecule has 0 radical (unpaired) electrons. The van der Waals surface area contributed by atoms with Crippen LogP contribution >= 0.6 is 0 Å². The summed E-state index contributed by atoms with van der Waals surface area (Å²) < 4.78 is 5.09. The van der Waals surface area contributed by atoms with Gasteiger partial charge in [-0.3, -0.25) is 0 Å². The van der Waals surface area contributed by atoms with Crippen LogP contribution in [0.4, 0.5) is 4.79 Å². The number of benzene rings is 1. The summed E-state index contributed by atoms with van der Waals surface area (Å²) in [7, 11) is 0. The van der Waals surface area contributed by atoms with E-state index in [-0.39, 0.29) is 19.6 Å². The van der Waals surface area contributed by atoms with Crippen molar-refractivity contribution in [2.24, 2.45) is 0 Å². The van der Waals surface area contributed by atoms with Crippen molar-refractivity contribution in [1.29, 1.82) is 0 Å². The van der Waals surface area contributed by atoms with Gasteiger partial charge in [-0.25, -0.2) is 9.78 Å². The van der Waals surface area contributed by atoms with Crippen molar-refractivity contribution in [3.05, 3.63) is 66.0 Å². The molecule has 0 spiro atoms. The molecule has 0 saturated heterocycles. The summed E-state index contributed by atoms with van der Waals surface area (Å²) >= 11 is 0. The number of ether oxygens (including phenoxy) is 1. The van der Waals surface area contributed by atoms with Crippen LogP contribution < -0.4 is 5.32 Å². The highest BCUT2D eigenvalue weighted by Gasteiger charge is 2.19. The van der Waals surface area contributed by atoms with Crippen molar-refractivity contribution >= 4 is 17.1 Å². The number of aliphatic hydroxyl groups is 2. The van der Waals surface area contributed by atoms with Gasteiger partial charge in [-0.1, -0.05) is 30.3 Å². The summed E-state index contributed by atoms with van der Waals surface area (Å²) in [5.41, 5.74) is 2.14. The first kappa shape index (κ1) is 17.9. The lowest BCUT2D eigenvalue weighted by Gasteiger charge is -2.18. The maximum atomic E-state index is 11.7. The highest BCUT2D eigenvalue weighted by molar-refractivity contribution is 5.75. The predicted octanol–water partition coefficient (Wildman–Crippen LogP) is 2.27. The van der Waals surface area contributed by atoms with Crippen molar-refractivity contribution in [2.75, 3.05) is 6.54 Å². The molecule has 3 aromatic rings. The lowest BCUT2D eigenvalue weighted by Crippen LogP contribution is -2.29. The number of pyridine rings is 1. The summed E-state index contributed by atoms with van der Waals surface area (Å²) in [6.07, 6.45) is 0.800. The second-order valence-corrected chi connectivity index (χ2v) is 5.97. The number of fused-ring (bicyclic) bond motifs is 1. The Labute approximate surface area is 150 Å². The number of hydrogen-bond donors (Lipinski definition) is 4. The van der Waals surface area contributed by atoms with Gasteiger partial charge in [0.25, 0.3) is 0 Å². The van der Waals surface area contributed by atoms with Crippen molar-refractivity contribution in [2.45, 2.75) is 25.2 Å². The van der Waals surface area contributed by atoms with Crippen molar-refractivity contribution < 1.29 is 19.7 Å². The van der Waals surface area contributed by atoms with E-state index >= 15 is 0 Å². The van der Waals surface area contributed by atoms with E-state index in [9.17, 15) is 15.0 Å². The maximum absolute atomic E-state index is 11.7. The SMILES string of the molecule is O=C(NCCC(O)C(O)c1cnc2[nH]ccc2c1)OCc1ccccc1. The van der Waals surface area contributed by atoms with E-state index in [4.69, 9.17) is 4.74 Å². The predicted molar refractivity (Wildman–Crippen MR) is 96.3 cm³/mol. The van der Waals surface area contributed by atoms with Gasteiger partial charge in [0, 0.05) is 29.9 Å². The van der Waals surface area contributed by atoms with Gasteiger partial charge in [-0.2, -0.15) is 0 Å². The van der Waals surface area contributed by atoms with E-state index in [0.29, 0.717) is 5.56 Å². The highest BCUT2D eigenvalue weighted by Crippen LogP contribution is 2.21. The number of alkyl carbamates (subject to hydrolysis) is 1. The van der Waals surface area contributed by atoms with Crippen LogP contribution in [0.15, 0.2) is 54.9 Å². The molecule has 2 aromatic heterocycles. The number of nitrogens with one attached hydrogen (secondary N) is 2. The van der Waals surface area contributed by atoms with Gasteiger partial charge in [-0.15, -0.1) is 0 Å². The largest absolute Gasteiger partial charge is 0.445 e. The smallest absolute Gasteiger partial charge is 0.407 e. The summed E-state index contributed by atoms with van der Waals surface area (Å²) in [5, 5.41) is 23.8. The lowest BCUT2D eigenvalue weighted by molar-refractivity contribution is 0.0135. The Bertz CT molecular complexity index is 850. The van der Waals surface area contributed by atoms with Gasteiger partial charge in [0.2, 0.25) is 0 Å². The molecule has 0 aliphatic heterocycles. The van der Waals surface area contributed by atoms with Gasteiger partial charge in [0.05, 0.1) is 6.10 Å². The Kier molecular flexibility index (Phi) is 5.83. The minimum atomic E-state index is -1.08. The minimum Gasteiger partial charge on any atom is -0.445 e. The second-order valence-electron chi connectivity index (χ2n) is 5.97. The number of H-pyrrole nitrogens is 1. The lowest BCUT2D eigenvalue weighted by atomic mass is 10.0. The fourth-order valence-electron chi connectivity index (χ4n) is 2.59. The van der Waals surface area contributed by atoms with Crippen LogP contribution in [-0.4, -0.2) is 38.9 Å². The molecule has 0 aliphatic rings. The van der Waals surface area contributed by atoms with E-state index in [1.165, 1.54) is 6.20 Å². The molecule has 4 N–H and O–H groups in total. The maximum Gasteiger partial charge on any atom is 0.407 e. The number of carbonyl (C=O) groups excluding carboxylic acids is 1. The topological polar surface area (TPSA) is 107 Å². The van der Waals surface area contributed by atoms with Crippen molar-refractivity contribution in [1.82, 2.24) is 15.3 Å². The Morgan fingerprint density at radius 2 is 2.04 bits per heavy atom. The van der Waals surface area contributed by atoms with Crippen LogP contribution in [0.1, 0.15) is 23.7 Å². The summed E-state index contributed by atoms with van der Waals surface area (Å²) in [5.74, 6) is 0. The van der Waals surface area contributed by atoms with E-state index < -0.39 is 18.3 Å². The number of aromatic nitrogens is 2. The van der Waals surface area contributed by atoms with Crippen LogP contribution in [0.3, 0.4) is 0 Å². The van der Waals surface area contributed by atoms with E-state index in [1.807, 2.05) is 36.4 Å². The molecular weight excluding hydrogens is 334 g/mol. The molecule has 26 heavy (non-hydrogen) atoms. The summed E-state index contributed by atoms with van der Waals surface area (Å²) in [6, 6.07) is 13.0. The molecule has 2 atom stereocenters. The monoisotopic (exact) mass is 355 g/mol. The molecule has 2 unspecified atom stereocenters. The van der Waals surface area contributed by atoms with Gasteiger partial charge >= 0.3 is 6.09 Å². The zero-order valence-corrected chi connectivity index (χ0v) is 14.1. The third-order valence-electron chi connectivity index (χ3n) is 4.05. The fourth-order valence-corrected chi connectivity index (χ4v) is 2.59. The Balaban J connectivity index is 1.42. The first-order valence-corrected chi connectivity index (χ1v) is 8.37. The number of rotatable bonds is 7. The molecule has 0 saturated carbocycles. The Hall–Kier alpha value is -2.90. The van der Waals surface area contributed by atoms with Crippen LogP contribution in [0.5, 0.6) is 0 Å². The zero-order valence-electron chi connectivity index (χ0n) is 14.1. The minimum absolute atomic E-state index is 0.181. The number of aromatic amines is 1. The highest BCUT2D eigenvalue weighted by atomic mass is 16.5. The van der Waals surface area contributed by atoms with Gasteiger partial charge in [0.1, 0.15) is 18.4 Å². The third-order valence-corrected chi connectivity index (χ3v) is 4.05. The zero-order chi connectivity index (χ0) is 18.4. The van der Waals surface area contributed by atoms with Gasteiger partial charge < -0.3 is 25.3 Å². The summed E-state index contributed by atoms with van der Waals surface area (Å²) in [6.45, 7) is 0.367. The van der Waals surface area contributed by atoms with Gasteiger partial charge in [0.15, 0.2) is 0 Å². The van der Waals surface area contributed by atoms with Crippen LogP contribution in [0, 0.1) is 0 Å². The molecule has 3 rings (SSSR count). The first-order valence-electron chi connectivity index (χ1n) is 8.37.